The molecule has 0 aliphatic carbocycles. The topological polar surface area (TPSA) is 69.0 Å². The van der Waals surface area contributed by atoms with Crippen molar-refractivity contribution in [3.8, 4) is 17.1 Å². The zero-order valence-electron chi connectivity index (χ0n) is 15.3. The van der Waals surface area contributed by atoms with Gasteiger partial charge in [-0.1, -0.05) is 36.7 Å². The molecule has 0 amide bonds. The van der Waals surface area contributed by atoms with Crippen molar-refractivity contribution in [3.05, 3.63) is 59.1 Å². The van der Waals surface area contributed by atoms with Crippen molar-refractivity contribution >= 4 is 23.5 Å². The van der Waals surface area contributed by atoms with Crippen molar-refractivity contribution < 1.29 is 9.53 Å². The Morgan fingerprint density at radius 3 is 2.59 bits per heavy atom. The molecule has 3 aromatic rings. The maximum atomic E-state index is 12.5. The van der Waals surface area contributed by atoms with Gasteiger partial charge in [0.1, 0.15) is 5.75 Å². The Kier molecular flexibility index (Phi) is 6.08. The van der Waals surface area contributed by atoms with Crippen LogP contribution in [0.15, 0.2) is 48.5 Å². The largest absolute Gasteiger partial charge is 0.497 e. The Morgan fingerprint density at radius 1 is 1.19 bits per heavy atom. The van der Waals surface area contributed by atoms with E-state index in [1.54, 1.807) is 7.11 Å². The van der Waals surface area contributed by atoms with E-state index in [-0.39, 0.29) is 5.91 Å². The summed E-state index contributed by atoms with van der Waals surface area (Å²) in [6.45, 7) is 2.40. The first-order valence-corrected chi connectivity index (χ1v) is 9.12. The van der Waals surface area contributed by atoms with Crippen molar-refractivity contribution in [2.75, 3.05) is 12.4 Å². The van der Waals surface area contributed by atoms with Gasteiger partial charge in [-0.25, -0.2) is 0 Å². The number of anilines is 1. The van der Waals surface area contributed by atoms with Gasteiger partial charge in [0.25, 0.3) is 0 Å². The Labute approximate surface area is 163 Å². The molecule has 0 aliphatic heterocycles. The second-order valence-electron chi connectivity index (χ2n) is 5.99. The first-order chi connectivity index (χ1) is 13.1. The number of halogens is 1. The fourth-order valence-electron chi connectivity index (χ4n) is 2.60. The lowest BCUT2D eigenvalue weighted by atomic mass is 10.2. The van der Waals surface area contributed by atoms with Crippen LogP contribution in [-0.2, 0) is 6.54 Å². The Balaban J connectivity index is 1.89. The minimum atomic E-state index is -0.105. The second-order valence-corrected chi connectivity index (χ2v) is 6.40. The van der Waals surface area contributed by atoms with E-state index < -0.39 is 0 Å². The van der Waals surface area contributed by atoms with Crippen molar-refractivity contribution in [2.45, 2.75) is 26.3 Å². The number of hydrogen-bond donors (Lipinski definition) is 1. The number of carbonyl (C=O) groups is 1. The highest BCUT2D eigenvalue weighted by atomic mass is 35.5. The van der Waals surface area contributed by atoms with E-state index in [9.17, 15) is 4.79 Å². The number of methoxy groups -OCH3 is 1. The van der Waals surface area contributed by atoms with E-state index in [1.165, 1.54) is 4.68 Å². The fraction of sp³-hybridized carbons (Fsp3) is 0.250. The third-order valence-corrected chi connectivity index (χ3v) is 4.42. The molecule has 0 aliphatic rings. The number of rotatable bonds is 7. The van der Waals surface area contributed by atoms with Gasteiger partial charge in [0.2, 0.25) is 11.9 Å². The molecule has 27 heavy (non-hydrogen) atoms. The molecule has 1 N–H and O–H groups in total. The predicted octanol–water partition coefficient (Wildman–Crippen LogP) is 4.66. The normalized spacial score (nSPS) is 10.6. The molecule has 0 atom stereocenters. The molecular weight excluding hydrogens is 364 g/mol. The van der Waals surface area contributed by atoms with Gasteiger partial charge in [0, 0.05) is 23.6 Å². The van der Waals surface area contributed by atoms with Gasteiger partial charge < -0.3 is 10.1 Å². The summed E-state index contributed by atoms with van der Waals surface area (Å²) in [6, 6.07) is 14.9. The van der Waals surface area contributed by atoms with E-state index in [1.807, 2.05) is 55.5 Å². The molecule has 2 aromatic carbocycles. The molecule has 3 rings (SSSR count). The van der Waals surface area contributed by atoms with Crippen molar-refractivity contribution in [2.24, 2.45) is 0 Å². The summed E-state index contributed by atoms with van der Waals surface area (Å²) in [5.74, 6) is 1.52. The molecule has 140 valence electrons. The third-order valence-electron chi connectivity index (χ3n) is 4.05. The van der Waals surface area contributed by atoms with E-state index in [0.717, 1.165) is 23.3 Å². The first-order valence-electron chi connectivity index (χ1n) is 8.74. The van der Waals surface area contributed by atoms with Gasteiger partial charge in [-0.2, -0.15) is 9.67 Å². The van der Waals surface area contributed by atoms with Crippen LogP contribution in [0.25, 0.3) is 11.4 Å². The molecular formula is C20H21ClN4O2. The van der Waals surface area contributed by atoms with Gasteiger partial charge in [-0.15, -0.1) is 5.10 Å². The van der Waals surface area contributed by atoms with Crippen molar-refractivity contribution in [1.82, 2.24) is 14.8 Å². The molecule has 6 nitrogen and oxygen atoms in total. The molecule has 0 unspecified atom stereocenters. The Hall–Kier alpha value is -2.86. The molecule has 1 aromatic heterocycles. The number of ether oxygens (including phenoxy) is 1. The van der Waals surface area contributed by atoms with Crippen LogP contribution in [0.3, 0.4) is 0 Å². The number of nitrogens with zero attached hydrogens (tertiary/aromatic N) is 3. The lowest BCUT2D eigenvalue weighted by Crippen LogP contribution is -2.16. The minimum absolute atomic E-state index is 0.105. The summed E-state index contributed by atoms with van der Waals surface area (Å²) in [5.41, 5.74) is 1.72. The molecule has 0 saturated carbocycles. The van der Waals surface area contributed by atoms with Gasteiger partial charge in [0.15, 0.2) is 5.82 Å². The first kappa shape index (κ1) is 18.9. The standard InChI is InChI=1S/C20H21ClN4O2/c1-3-6-18(26)25-20(22-13-15-7-4-5-8-17(15)21)23-19(24-25)14-9-11-16(27-2)12-10-14/h4-5,7-12H,3,6,13H2,1-2H3,(H,22,23,24). The predicted molar refractivity (Wildman–Crippen MR) is 106 cm³/mol. The maximum Gasteiger partial charge on any atom is 0.250 e. The van der Waals surface area contributed by atoms with Gasteiger partial charge in [0.05, 0.1) is 7.11 Å². The SMILES string of the molecule is CCCC(=O)n1nc(-c2ccc(OC)cc2)nc1NCc1ccccc1Cl. The van der Waals surface area contributed by atoms with Gasteiger partial charge in [-0.05, 0) is 42.3 Å². The Bertz CT molecular complexity index is 922. The average molecular weight is 385 g/mol. The summed E-state index contributed by atoms with van der Waals surface area (Å²) < 4.78 is 6.51. The van der Waals surface area contributed by atoms with Crippen LogP contribution in [0.2, 0.25) is 5.02 Å². The zero-order valence-corrected chi connectivity index (χ0v) is 16.0. The lowest BCUT2D eigenvalue weighted by Gasteiger charge is -2.08. The summed E-state index contributed by atoms with van der Waals surface area (Å²) in [4.78, 5) is 17.0. The van der Waals surface area contributed by atoms with Gasteiger partial charge >= 0.3 is 0 Å². The second kappa shape index (κ2) is 8.68. The van der Waals surface area contributed by atoms with Crippen LogP contribution in [0.4, 0.5) is 5.95 Å². The number of carbonyl (C=O) groups excluding carboxylic acids is 1. The quantitative estimate of drug-likeness (QED) is 0.641. The number of hydrogen-bond acceptors (Lipinski definition) is 5. The summed E-state index contributed by atoms with van der Waals surface area (Å²) in [7, 11) is 1.61. The van der Waals surface area contributed by atoms with Crippen molar-refractivity contribution in [1.29, 1.82) is 0 Å². The van der Waals surface area contributed by atoms with Crippen LogP contribution < -0.4 is 10.1 Å². The Morgan fingerprint density at radius 2 is 1.93 bits per heavy atom. The van der Waals surface area contributed by atoms with Crippen molar-refractivity contribution in [3.63, 3.8) is 0 Å². The maximum absolute atomic E-state index is 12.5. The van der Waals surface area contributed by atoms with E-state index >= 15 is 0 Å². The van der Waals surface area contributed by atoms with Crippen LogP contribution >= 0.6 is 11.6 Å². The van der Waals surface area contributed by atoms with Gasteiger partial charge in [-0.3, -0.25) is 4.79 Å². The number of benzene rings is 2. The molecule has 0 fully saturated rings. The molecule has 7 heteroatoms. The van der Waals surface area contributed by atoms with E-state index in [0.29, 0.717) is 29.8 Å². The zero-order chi connectivity index (χ0) is 19.2. The molecule has 0 spiro atoms. The third kappa shape index (κ3) is 4.46. The molecule has 0 radical (unpaired) electrons. The van der Waals surface area contributed by atoms with Crippen LogP contribution in [0.5, 0.6) is 5.75 Å². The summed E-state index contributed by atoms with van der Waals surface area (Å²) >= 11 is 6.21. The monoisotopic (exact) mass is 384 g/mol. The highest BCUT2D eigenvalue weighted by Crippen LogP contribution is 2.22. The van der Waals surface area contributed by atoms with Crippen LogP contribution in [0, 0.1) is 0 Å². The van der Waals surface area contributed by atoms with Crippen LogP contribution in [-0.4, -0.2) is 27.8 Å². The molecule has 0 saturated heterocycles. The smallest absolute Gasteiger partial charge is 0.250 e. The van der Waals surface area contributed by atoms with Crippen LogP contribution in [0.1, 0.15) is 30.1 Å². The summed E-state index contributed by atoms with van der Waals surface area (Å²) in [6.07, 6.45) is 1.13. The number of nitrogens with one attached hydrogen (secondary N) is 1. The average Bonchev–Trinajstić information content (AvgIpc) is 3.12. The summed E-state index contributed by atoms with van der Waals surface area (Å²) in [5, 5.41) is 8.25. The minimum Gasteiger partial charge on any atom is -0.497 e. The lowest BCUT2D eigenvalue weighted by molar-refractivity contribution is 0.0888. The molecule has 1 heterocycles. The molecule has 0 bridgehead atoms. The fourth-order valence-corrected chi connectivity index (χ4v) is 2.80. The van der Waals surface area contributed by atoms with E-state index in [2.05, 4.69) is 15.4 Å². The van der Waals surface area contributed by atoms with E-state index in [4.69, 9.17) is 16.3 Å². The highest BCUT2D eigenvalue weighted by molar-refractivity contribution is 6.31. The highest BCUT2D eigenvalue weighted by Gasteiger charge is 2.17. The number of aromatic nitrogens is 3.